The van der Waals surface area contributed by atoms with Crippen LogP contribution in [0.15, 0.2) is 12.1 Å². The fourth-order valence-corrected chi connectivity index (χ4v) is 2.36. The molecule has 0 aliphatic carbocycles. The lowest BCUT2D eigenvalue weighted by Gasteiger charge is -2.19. The quantitative estimate of drug-likeness (QED) is 0.842. The van der Waals surface area contributed by atoms with Gasteiger partial charge in [0.05, 0.1) is 12.7 Å². The Morgan fingerprint density at radius 1 is 1.61 bits per heavy atom. The van der Waals surface area contributed by atoms with Crippen LogP contribution in [0.25, 0.3) is 0 Å². The second-order valence-electron chi connectivity index (χ2n) is 4.83. The van der Waals surface area contributed by atoms with E-state index in [1.54, 1.807) is 13.0 Å². The van der Waals surface area contributed by atoms with Crippen molar-refractivity contribution >= 4 is 17.4 Å². The molecule has 2 rings (SSSR count). The third kappa shape index (κ3) is 2.21. The number of ketones is 1. The van der Waals surface area contributed by atoms with E-state index in [-0.39, 0.29) is 5.78 Å². The minimum Gasteiger partial charge on any atom is -0.493 e. The maximum atomic E-state index is 11.6. The Hall–Kier alpha value is -1.53. The molecule has 0 bridgehead atoms. The van der Waals surface area contributed by atoms with Crippen LogP contribution in [0.4, 0.5) is 0 Å². The van der Waals surface area contributed by atoms with Gasteiger partial charge < -0.3 is 4.74 Å². The molecule has 0 spiro atoms. The zero-order chi connectivity index (χ0) is 13.3. The highest BCUT2D eigenvalue weighted by Crippen LogP contribution is 2.36. The normalized spacial score (nSPS) is 16.3. The van der Waals surface area contributed by atoms with Crippen LogP contribution in [0.3, 0.4) is 0 Å². The standard InChI is InChI=1S/C14H14ClNO2/c1-9(17)14(2,8-16)7-11-6-12(15)5-10-3-4-18-13(10)11/h5-6H,3-4,7H2,1-2H3. The highest BCUT2D eigenvalue weighted by molar-refractivity contribution is 6.30. The largest absolute Gasteiger partial charge is 0.493 e. The van der Waals surface area contributed by atoms with E-state index in [1.807, 2.05) is 6.07 Å². The summed E-state index contributed by atoms with van der Waals surface area (Å²) in [5.74, 6) is 0.652. The van der Waals surface area contributed by atoms with Crippen molar-refractivity contribution in [3.8, 4) is 11.8 Å². The van der Waals surface area contributed by atoms with E-state index < -0.39 is 5.41 Å². The molecule has 4 heteroatoms. The summed E-state index contributed by atoms with van der Waals surface area (Å²) in [6, 6.07) is 5.75. The Kier molecular flexibility index (Phi) is 3.32. The molecule has 0 aromatic heterocycles. The molecule has 1 aliphatic rings. The van der Waals surface area contributed by atoms with Gasteiger partial charge in [-0.05, 0) is 37.1 Å². The number of carbonyl (C=O) groups is 1. The number of nitrogens with zero attached hydrogens (tertiary/aromatic N) is 1. The van der Waals surface area contributed by atoms with Gasteiger partial charge in [-0.2, -0.15) is 5.26 Å². The van der Waals surface area contributed by atoms with Gasteiger partial charge in [0.2, 0.25) is 0 Å². The SMILES string of the molecule is CC(=O)C(C)(C#N)Cc1cc(Cl)cc2c1OCC2. The molecule has 94 valence electrons. The third-order valence-electron chi connectivity index (χ3n) is 3.39. The summed E-state index contributed by atoms with van der Waals surface area (Å²) in [6.45, 7) is 3.72. The summed E-state index contributed by atoms with van der Waals surface area (Å²) in [5.41, 5.74) is 0.875. The van der Waals surface area contributed by atoms with Gasteiger partial charge in [-0.1, -0.05) is 11.6 Å². The second kappa shape index (κ2) is 4.62. The average Bonchev–Trinajstić information content (AvgIpc) is 2.76. The number of ether oxygens (including phenoxy) is 1. The van der Waals surface area contributed by atoms with Crippen molar-refractivity contribution in [2.75, 3.05) is 6.61 Å². The lowest BCUT2D eigenvalue weighted by Crippen LogP contribution is -2.26. The first-order valence-electron chi connectivity index (χ1n) is 5.82. The van der Waals surface area contributed by atoms with E-state index in [0.29, 0.717) is 18.1 Å². The number of hydrogen-bond acceptors (Lipinski definition) is 3. The highest BCUT2D eigenvalue weighted by atomic mass is 35.5. The molecule has 0 saturated heterocycles. The van der Waals surface area contributed by atoms with Gasteiger partial charge >= 0.3 is 0 Å². The van der Waals surface area contributed by atoms with Crippen molar-refractivity contribution in [2.45, 2.75) is 26.7 Å². The van der Waals surface area contributed by atoms with E-state index in [9.17, 15) is 10.1 Å². The molecular weight excluding hydrogens is 250 g/mol. The van der Waals surface area contributed by atoms with E-state index >= 15 is 0 Å². The van der Waals surface area contributed by atoms with E-state index in [2.05, 4.69) is 6.07 Å². The van der Waals surface area contributed by atoms with Crippen LogP contribution in [0.5, 0.6) is 5.75 Å². The fraction of sp³-hybridized carbons (Fsp3) is 0.429. The Bertz CT molecular complexity index is 547. The second-order valence-corrected chi connectivity index (χ2v) is 5.26. The van der Waals surface area contributed by atoms with Gasteiger partial charge in [0.1, 0.15) is 16.9 Å². The van der Waals surface area contributed by atoms with Crippen molar-refractivity contribution in [1.29, 1.82) is 5.26 Å². The molecule has 0 saturated carbocycles. The zero-order valence-electron chi connectivity index (χ0n) is 10.4. The smallest absolute Gasteiger partial charge is 0.150 e. The number of hydrogen-bond donors (Lipinski definition) is 0. The number of fused-ring (bicyclic) bond motifs is 1. The first kappa shape index (κ1) is 12.9. The molecule has 0 N–H and O–H groups in total. The van der Waals surface area contributed by atoms with Crippen molar-refractivity contribution in [2.24, 2.45) is 5.41 Å². The predicted octanol–water partition coefficient (Wildman–Crippen LogP) is 2.94. The van der Waals surface area contributed by atoms with Crippen LogP contribution in [0, 0.1) is 16.7 Å². The highest BCUT2D eigenvalue weighted by Gasteiger charge is 2.32. The van der Waals surface area contributed by atoms with Crippen LogP contribution >= 0.6 is 11.6 Å². The van der Waals surface area contributed by atoms with Crippen LogP contribution < -0.4 is 4.74 Å². The molecular formula is C14H14ClNO2. The Morgan fingerprint density at radius 3 is 2.94 bits per heavy atom. The molecule has 1 atom stereocenters. The first-order valence-corrected chi connectivity index (χ1v) is 6.20. The van der Waals surface area contributed by atoms with Gasteiger partial charge in [-0.3, -0.25) is 4.79 Å². The minimum atomic E-state index is -1.02. The fourth-order valence-electron chi connectivity index (χ4n) is 2.10. The van der Waals surface area contributed by atoms with Crippen LogP contribution in [0.1, 0.15) is 25.0 Å². The van der Waals surface area contributed by atoms with E-state index in [4.69, 9.17) is 16.3 Å². The van der Waals surface area contributed by atoms with Gasteiger partial charge in [-0.25, -0.2) is 0 Å². The Labute approximate surface area is 111 Å². The molecule has 1 aromatic carbocycles. The predicted molar refractivity (Wildman–Crippen MR) is 68.8 cm³/mol. The summed E-state index contributed by atoms with van der Waals surface area (Å²) >= 11 is 6.06. The number of benzene rings is 1. The van der Waals surface area contributed by atoms with E-state index in [0.717, 1.165) is 23.3 Å². The Morgan fingerprint density at radius 2 is 2.33 bits per heavy atom. The van der Waals surface area contributed by atoms with Gasteiger partial charge in [-0.15, -0.1) is 0 Å². The van der Waals surface area contributed by atoms with Crippen LogP contribution in [0.2, 0.25) is 5.02 Å². The zero-order valence-corrected chi connectivity index (χ0v) is 11.2. The van der Waals surface area contributed by atoms with Gasteiger partial charge in [0.15, 0.2) is 0 Å². The molecule has 3 nitrogen and oxygen atoms in total. The Balaban J connectivity index is 2.42. The lowest BCUT2D eigenvalue weighted by atomic mass is 9.81. The number of nitriles is 1. The molecule has 1 unspecified atom stereocenters. The summed E-state index contributed by atoms with van der Waals surface area (Å²) in [6.07, 6.45) is 1.16. The topological polar surface area (TPSA) is 50.1 Å². The molecule has 0 fully saturated rings. The molecule has 1 aromatic rings. The van der Waals surface area contributed by atoms with Gasteiger partial charge in [0, 0.05) is 17.9 Å². The molecule has 1 heterocycles. The number of rotatable bonds is 3. The summed E-state index contributed by atoms with van der Waals surface area (Å²) in [7, 11) is 0. The number of halogens is 1. The number of Topliss-reactive ketones (excluding diaryl/α,β-unsaturated/α-hetero) is 1. The molecule has 1 aliphatic heterocycles. The van der Waals surface area contributed by atoms with Crippen LogP contribution in [-0.4, -0.2) is 12.4 Å². The minimum absolute atomic E-state index is 0.142. The molecule has 0 amide bonds. The maximum absolute atomic E-state index is 11.6. The maximum Gasteiger partial charge on any atom is 0.150 e. The van der Waals surface area contributed by atoms with E-state index in [1.165, 1.54) is 6.92 Å². The summed E-state index contributed by atoms with van der Waals surface area (Å²) in [5, 5.41) is 9.81. The lowest BCUT2D eigenvalue weighted by molar-refractivity contribution is -0.123. The monoisotopic (exact) mass is 263 g/mol. The summed E-state index contributed by atoms with van der Waals surface area (Å²) < 4.78 is 5.58. The van der Waals surface area contributed by atoms with Crippen LogP contribution in [-0.2, 0) is 17.6 Å². The number of carbonyl (C=O) groups excluding carboxylic acids is 1. The van der Waals surface area contributed by atoms with Crippen molar-refractivity contribution in [3.05, 3.63) is 28.3 Å². The third-order valence-corrected chi connectivity index (χ3v) is 3.61. The molecule has 0 radical (unpaired) electrons. The molecule has 18 heavy (non-hydrogen) atoms. The van der Waals surface area contributed by atoms with Crippen molar-refractivity contribution < 1.29 is 9.53 Å². The van der Waals surface area contributed by atoms with Gasteiger partial charge in [0.25, 0.3) is 0 Å². The first-order chi connectivity index (χ1) is 8.46. The van der Waals surface area contributed by atoms with Crippen molar-refractivity contribution in [1.82, 2.24) is 0 Å². The summed E-state index contributed by atoms with van der Waals surface area (Å²) in [4.78, 5) is 11.6. The average molecular weight is 264 g/mol. The van der Waals surface area contributed by atoms with Crippen molar-refractivity contribution in [3.63, 3.8) is 0 Å².